The lowest BCUT2D eigenvalue weighted by atomic mass is 10.0. The average molecular weight is 405 g/mol. The summed E-state index contributed by atoms with van der Waals surface area (Å²) in [5.74, 6) is -2.01. The van der Waals surface area contributed by atoms with E-state index in [0.29, 0.717) is 17.7 Å². The first-order valence-corrected chi connectivity index (χ1v) is 10.8. The number of carbonyl (C=O) groups is 4. The van der Waals surface area contributed by atoms with Gasteiger partial charge in [0.2, 0.25) is 11.8 Å². The summed E-state index contributed by atoms with van der Waals surface area (Å²) in [6.07, 6.45) is 1.10. The van der Waals surface area contributed by atoms with Crippen LogP contribution >= 0.6 is 11.8 Å². The fourth-order valence-electron chi connectivity index (χ4n) is 3.48. The van der Waals surface area contributed by atoms with Crippen LogP contribution in [0.3, 0.4) is 0 Å². The number of carbonyl (C=O) groups excluding carboxylic acids is 4. The van der Waals surface area contributed by atoms with Crippen molar-refractivity contribution in [3.8, 4) is 0 Å². The molecule has 12 heteroatoms. The fraction of sp³-hybridized carbons (Fsp3) is 0.714. The van der Waals surface area contributed by atoms with Gasteiger partial charge in [0, 0.05) is 17.4 Å². The molecule has 0 saturated carbocycles. The Hall–Kier alpha value is -1.66. The molecular weight excluding hydrogens is 386 g/mol. The second-order valence-electron chi connectivity index (χ2n) is 6.54. The van der Waals surface area contributed by atoms with E-state index in [4.69, 9.17) is 4.55 Å². The van der Waals surface area contributed by atoms with E-state index in [2.05, 4.69) is 10.6 Å². The van der Waals surface area contributed by atoms with Gasteiger partial charge in [0.25, 0.3) is 16.0 Å². The van der Waals surface area contributed by atoms with E-state index >= 15 is 0 Å². The number of thioether (sulfide) groups is 1. The molecule has 3 heterocycles. The second-order valence-corrected chi connectivity index (χ2v) is 9.41. The highest BCUT2D eigenvalue weighted by Gasteiger charge is 2.48. The maximum absolute atomic E-state index is 12.1. The molecule has 5 amide bonds. The smallest absolute Gasteiger partial charge is 0.315 e. The highest BCUT2D eigenvalue weighted by Crippen LogP contribution is 2.33. The summed E-state index contributed by atoms with van der Waals surface area (Å²) in [6, 6.07) is 0.0247. The van der Waals surface area contributed by atoms with Crippen LogP contribution in [0.2, 0.25) is 0 Å². The lowest BCUT2D eigenvalue weighted by Gasteiger charge is -2.17. The molecule has 3 aliphatic heterocycles. The Morgan fingerprint density at radius 2 is 1.96 bits per heavy atom. The average Bonchev–Trinajstić information content (AvgIpc) is 3.16. The molecule has 0 aromatic carbocycles. The van der Waals surface area contributed by atoms with Crippen molar-refractivity contribution >= 4 is 45.6 Å². The Balaban J connectivity index is 1.45. The minimum Gasteiger partial charge on any atom is -0.332 e. The van der Waals surface area contributed by atoms with Crippen LogP contribution in [-0.2, 0) is 24.5 Å². The third-order valence-electron chi connectivity index (χ3n) is 4.78. The zero-order valence-electron chi connectivity index (χ0n) is 13.7. The van der Waals surface area contributed by atoms with E-state index in [0.717, 1.165) is 12.2 Å². The van der Waals surface area contributed by atoms with Crippen molar-refractivity contribution in [2.24, 2.45) is 0 Å². The Bertz CT molecular complexity index is 754. The molecular formula is C14H19N3O7S2. The van der Waals surface area contributed by atoms with Gasteiger partial charge in [0.1, 0.15) is 0 Å². The molecule has 3 saturated heterocycles. The van der Waals surface area contributed by atoms with Gasteiger partial charge >= 0.3 is 6.03 Å². The van der Waals surface area contributed by atoms with Gasteiger partial charge in [-0.25, -0.2) is 9.69 Å². The van der Waals surface area contributed by atoms with Crippen LogP contribution in [-0.4, -0.2) is 70.0 Å². The first kappa shape index (κ1) is 19.1. The van der Waals surface area contributed by atoms with Crippen molar-refractivity contribution in [2.75, 3.05) is 5.75 Å². The summed E-state index contributed by atoms with van der Waals surface area (Å²) in [7, 11) is -4.71. The Labute approximate surface area is 154 Å². The Morgan fingerprint density at radius 3 is 2.62 bits per heavy atom. The van der Waals surface area contributed by atoms with Crippen LogP contribution in [0.15, 0.2) is 0 Å². The number of hydrogen-bond donors (Lipinski definition) is 3. The van der Waals surface area contributed by atoms with Crippen molar-refractivity contribution in [1.29, 1.82) is 0 Å². The molecule has 3 aliphatic rings. The molecule has 0 aromatic rings. The number of amides is 5. The lowest BCUT2D eigenvalue weighted by Crippen LogP contribution is -2.39. The second kappa shape index (κ2) is 7.16. The van der Waals surface area contributed by atoms with Crippen molar-refractivity contribution in [1.82, 2.24) is 15.5 Å². The summed E-state index contributed by atoms with van der Waals surface area (Å²) in [5.41, 5.74) is 0. The molecule has 144 valence electrons. The monoisotopic (exact) mass is 405 g/mol. The number of nitrogens with zero attached hydrogens (tertiary/aromatic N) is 1. The van der Waals surface area contributed by atoms with E-state index in [-0.39, 0.29) is 29.8 Å². The number of hydrogen-bond acceptors (Lipinski definition) is 7. The SMILES string of the molecule is O=C1N[C@H]2[C@H](CS[C@@H]2CCCCC(=O)N2C(=O)C[C@H](S(=O)(=O)O)C2=O)N1. The minimum atomic E-state index is -4.71. The van der Waals surface area contributed by atoms with Gasteiger partial charge in [-0.1, -0.05) is 6.42 Å². The third kappa shape index (κ3) is 3.71. The Kier molecular flexibility index (Phi) is 5.26. The van der Waals surface area contributed by atoms with Gasteiger partial charge in [-0.2, -0.15) is 20.2 Å². The molecule has 26 heavy (non-hydrogen) atoms. The largest absolute Gasteiger partial charge is 0.332 e. The molecule has 3 N–H and O–H groups in total. The Morgan fingerprint density at radius 1 is 1.23 bits per heavy atom. The van der Waals surface area contributed by atoms with Gasteiger partial charge in [0.15, 0.2) is 5.25 Å². The molecule has 3 fully saturated rings. The van der Waals surface area contributed by atoms with Gasteiger partial charge < -0.3 is 10.6 Å². The fourth-order valence-corrected chi connectivity index (χ4v) is 5.73. The van der Waals surface area contributed by atoms with Gasteiger partial charge in [-0.15, -0.1) is 0 Å². The summed E-state index contributed by atoms with van der Waals surface area (Å²) in [5, 5.41) is 4.07. The molecule has 0 spiro atoms. The van der Waals surface area contributed by atoms with Gasteiger partial charge in [0.05, 0.1) is 18.5 Å². The van der Waals surface area contributed by atoms with Crippen LogP contribution in [0.1, 0.15) is 32.1 Å². The highest BCUT2D eigenvalue weighted by atomic mass is 32.2. The van der Waals surface area contributed by atoms with Crippen molar-refractivity contribution in [3.05, 3.63) is 0 Å². The van der Waals surface area contributed by atoms with Crippen LogP contribution < -0.4 is 10.6 Å². The summed E-state index contributed by atoms with van der Waals surface area (Å²) < 4.78 is 31.1. The maximum Gasteiger partial charge on any atom is 0.315 e. The quantitative estimate of drug-likeness (QED) is 0.226. The highest BCUT2D eigenvalue weighted by molar-refractivity contribution is 8.00. The molecule has 4 atom stereocenters. The van der Waals surface area contributed by atoms with Crippen LogP contribution in [0.5, 0.6) is 0 Å². The normalized spacial score (nSPS) is 31.1. The number of likely N-dealkylation sites (tertiary alicyclic amines) is 1. The van der Waals surface area contributed by atoms with Crippen LogP contribution in [0.25, 0.3) is 0 Å². The standard InChI is InChI=1S/C14H19N3O7S2/c18-10(17-11(19)5-9(13(17)20)26(22,23)24)4-2-1-3-8-12-7(6-25-8)15-14(21)16-12/h7-9,12H,1-6H2,(H2,15,16,21)(H,22,23,24)/t7-,8+,9-,12-/m0/s1. The van der Waals surface area contributed by atoms with E-state index < -0.39 is 39.5 Å². The molecule has 0 aromatic heterocycles. The summed E-state index contributed by atoms with van der Waals surface area (Å²) in [6.45, 7) is 0. The molecule has 0 unspecified atom stereocenters. The van der Waals surface area contributed by atoms with E-state index in [9.17, 15) is 27.6 Å². The summed E-state index contributed by atoms with van der Waals surface area (Å²) >= 11 is 1.75. The minimum absolute atomic E-state index is 0.0637. The van der Waals surface area contributed by atoms with Gasteiger partial charge in [-0.3, -0.25) is 18.9 Å². The lowest BCUT2D eigenvalue weighted by molar-refractivity contribution is -0.149. The number of imide groups is 3. The molecule has 0 radical (unpaired) electrons. The van der Waals surface area contributed by atoms with Crippen LogP contribution in [0, 0.1) is 0 Å². The van der Waals surface area contributed by atoms with Crippen molar-refractivity contribution < 1.29 is 32.1 Å². The van der Waals surface area contributed by atoms with E-state index in [1.165, 1.54) is 0 Å². The summed E-state index contributed by atoms with van der Waals surface area (Å²) in [4.78, 5) is 47.4. The number of rotatable bonds is 6. The zero-order chi connectivity index (χ0) is 19.1. The first-order chi connectivity index (χ1) is 12.2. The number of fused-ring (bicyclic) bond motifs is 1. The third-order valence-corrected chi connectivity index (χ3v) is 7.38. The van der Waals surface area contributed by atoms with Crippen molar-refractivity contribution in [3.63, 3.8) is 0 Å². The number of urea groups is 1. The predicted molar refractivity (Wildman–Crippen MR) is 90.8 cm³/mol. The topological polar surface area (TPSA) is 150 Å². The molecule has 10 nitrogen and oxygen atoms in total. The first-order valence-electron chi connectivity index (χ1n) is 8.23. The van der Waals surface area contributed by atoms with E-state index in [1.807, 2.05) is 0 Å². The molecule has 0 aliphatic carbocycles. The van der Waals surface area contributed by atoms with Gasteiger partial charge in [-0.05, 0) is 12.8 Å². The van der Waals surface area contributed by atoms with E-state index in [1.54, 1.807) is 11.8 Å². The van der Waals surface area contributed by atoms with Crippen molar-refractivity contribution in [2.45, 2.75) is 54.7 Å². The molecule has 0 bridgehead atoms. The number of unbranched alkanes of at least 4 members (excludes halogenated alkanes) is 1. The van der Waals surface area contributed by atoms with Crippen LogP contribution in [0.4, 0.5) is 4.79 Å². The predicted octanol–water partition coefficient (Wildman–Crippen LogP) is -0.746. The number of nitrogens with one attached hydrogen (secondary N) is 2. The molecule has 3 rings (SSSR count). The zero-order valence-corrected chi connectivity index (χ0v) is 15.3. The maximum atomic E-state index is 12.1.